The van der Waals surface area contributed by atoms with Crippen molar-refractivity contribution in [1.29, 1.82) is 0 Å². The summed E-state index contributed by atoms with van der Waals surface area (Å²) in [7, 11) is 2.33. The van der Waals surface area contributed by atoms with Gasteiger partial charge in [-0.1, -0.05) is 12.1 Å². The molecule has 0 spiro atoms. The van der Waals surface area contributed by atoms with Gasteiger partial charge in [0.25, 0.3) is 0 Å². The molecule has 1 aromatic carbocycles. The van der Waals surface area contributed by atoms with E-state index in [1.807, 2.05) is 0 Å². The van der Waals surface area contributed by atoms with Crippen LogP contribution in [0.2, 0.25) is 0 Å². The fourth-order valence-corrected chi connectivity index (χ4v) is 2.05. The molecule has 1 rings (SSSR count). The Balaban J connectivity index is 3.16. The highest BCUT2D eigenvalue weighted by atomic mass is 19.1. The maximum absolute atomic E-state index is 13.0. The van der Waals surface area contributed by atoms with E-state index in [2.05, 4.69) is 9.47 Å². The van der Waals surface area contributed by atoms with Crippen molar-refractivity contribution < 1.29 is 28.6 Å². The van der Waals surface area contributed by atoms with Crippen LogP contribution >= 0.6 is 0 Å². The summed E-state index contributed by atoms with van der Waals surface area (Å²) in [6, 6.07) is 5.39. The van der Waals surface area contributed by atoms with Crippen LogP contribution in [0, 0.1) is 11.7 Å². The van der Waals surface area contributed by atoms with Crippen molar-refractivity contribution in [3.8, 4) is 0 Å². The Kier molecular flexibility index (Phi) is 6.11. The molecule has 0 aliphatic carbocycles. The van der Waals surface area contributed by atoms with Gasteiger partial charge in [0.15, 0.2) is 5.92 Å². The molecular weight excluding hydrogens is 267 g/mol. The number of methoxy groups -OCH3 is 2. The molecule has 6 heteroatoms. The van der Waals surface area contributed by atoms with Crippen LogP contribution in [0.15, 0.2) is 24.3 Å². The van der Waals surface area contributed by atoms with Gasteiger partial charge in [0.1, 0.15) is 5.82 Å². The Morgan fingerprint density at radius 1 is 1.15 bits per heavy atom. The van der Waals surface area contributed by atoms with Crippen molar-refractivity contribution >= 4 is 11.9 Å². The zero-order valence-electron chi connectivity index (χ0n) is 11.3. The van der Waals surface area contributed by atoms with E-state index in [4.69, 9.17) is 5.11 Å². The first kappa shape index (κ1) is 16.1. The van der Waals surface area contributed by atoms with E-state index < -0.39 is 29.6 Å². The summed E-state index contributed by atoms with van der Waals surface area (Å²) in [6.45, 7) is -0.230. The number of carbonyl (C=O) groups excluding carboxylic acids is 2. The van der Waals surface area contributed by atoms with Crippen LogP contribution in [0.25, 0.3) is 0 Å². The fourth-order valence-electron chi connectivity index (χ4n) is 2.05. The van der Waals surface area contributed by atoms with Crippen LogP contribution in [0.1, 0.15) is 17.9 Å². The first-order valence-corrected chi connectivity index (χ1v) is 6.07. The third-order valence-corrected chi connectivity index (χ3v) is 3.05. The van der Waals surface area contributed by atoms with E-state index in [0.717, 1.165) is 0 Å². The molecule has 0 saturated carbocycles. The maximum atomic E-state index is 13.0. The van der Waals surface area contributed by atoms with E-state index in [9.17, 15) is 14.0 Å². The Labute approximate surface area is 116 Å². The first-order valence-electron chi connectivity index (χ1n) is 6.07. The number of carbonyl (C=O) groups is 2. The van der Waals surface area contributed by atoms with Crippen LogP contribution < -0.4 is 0 Å². The average molecular weight is 284 g/mol. The number of benzene rings is 1. The third kappa shape index (κ3) is 3.77. The number of halogens is 1. The number of aliphatic hydroxyl groups is 1. The summed E-state index contributed by atoms with van der Waals surface area (Å²) < 4.78 is 22.2. The number of hydrogen-bond donors (Lipinski definition) is 1. The predicted molar refractivity (Wildman–Crippen MR) is 68.4 cm³/mol. The zero-order chi connectivity index (χ0) is 15.1. The van der Waals surface area contributed by atoms with Crippen molar-refractivity contribution in [1.82, 2.24) is 0 Å². The Bertz CT molecular complexity index is 441. The standard InChI is InChI=1S/C14H17FO5/c1-19-13(17)12(14(18)20-2)11(7-8-16)9-3-5-10(15)6-4-9/h3-6,11-12,16H,7-8H2,1-2H3/t11-/m0/s1. The topological polar surface area (TPSA) is 72.8 Å². The molecule has 0 amide bonds. The number of ether oxygens (including phenoxy) is 2. The predicted octanol–water partition coefficient (Wildman–Crippen LogP) is 1.25. The Morgan fingerprint density at radius 2 is 1.65 bits per heavy atom. The van der Waals surface area contributed by atoms with Gasteiger partial charge in [0, 0.05) is 12.5 Å². The van der Waals surface area contributed by atoms with Gasteiger partial charge in [-0.2, -0.15) is 0 Å². The van der Waals surface area contributed by atoms with Gasteiger partial charge in [0.05, 0.1) is 14.2 Å². The van der Waals surface area contributed by atoms with Crippen molar-refractivity contribution in [2.75, 3.05) is 20.8 Å². The van der Waals surface area contributed by atoms with E-state index in [1.165, 1.54) is 38.5 Å². The molecule has 0 aliphatic rings. The average Bonchev–Trinajstić information content (AvgIpc) is 2.47. The number of hydrogen-bond acceptors (Lipinski definition) is 5. The van der Waals surface area contributed by atoms with Gasteiger partial charge < -0.3 is 14.6 Å². The normalized spacial score (nSPS) is 12.1. The summed E-state index contributed by atoms with van der Waals surface area (Å²) in [5.41, 5.74) is 0.557. The van der Waals surface area contributed by atoms with E-state index in [0.29, 0.717) is 5.56 Å². The molecule has 0 bridgehead atoms. The largest absolute Gasteiger partial charge is 0.468 e. The number of rotatable bonds is 6. The second-order valence-corrected chi connectivity index (χ2v) is 4.19. The van der Waals surface area contributed by atoms with Crippen LogP contribution in [-0.4, -0.2) is 37.9 Å². The van der Waals surface area contributed by atoms with Crippen molar-refractivity contribution in [3.63, 3.8) is 0 Å². The number of aliphatic hydroxyl groups excluding tert-OH is 1. The Morgan fingerprint density at radius 3 is 2.05 bits per heavy atom. The lowest BCUT2D eigenvalue weighted by atomic mass is 9.83. The summed E-state index contributed by atoms with van der Waals surface area (Å²) in [4.78, 5) is 23.6. The van der Waals surface area contributed by atoms with Crippen LogP contribution in [-0.2, 0) is 19.1 Å². The molecule has 5 nitrogen and oxygen atoms in total. The summed E-state index contributed by atoms with van der Waals surface area (Å²) in [5, 5.41) is 9.13. The molecule has 0 fully saturated rings. The molecular formula is C14H17FO5. The van der Waals surface area contributed by atoms with Crippen LogP contribution in [0.4, 0.5) is 4.39 Å². The smallest absolute Gasteiger partial charge is 0.320 e. The highest BCUT2D eigenvalue weighted by Gasteiger charge is 2.37. The minimum absolute atomic E-state index is 0.153. The molecule has 20 heavy (non-hydrogen) atoms. The summed E-state index contributed by atoms with van der Waals surface area (Å²) in [6.07, 6.45) is 0.153. The molecule has 0 heterocycles. The number of esters is 2. The second kappa shape index (κ2) is 7.59. The van der Waals surface area contributed by atoms with Gasteiger partial charge in [-0.05, 0) is 24.1 Å². The van der Waals surface area contributed by atoms with Gasteiger partial charge in [-0.15, -0.1) is 0 Å². The van der Waals surface area contributed by atoms with Gasteiger partial charge >= 0.3 is 11.9 Å². The van der Waals surface area contributed by atoms with E-state index in [-0.39, 0.29) is 13.0 Å². The second-order valence-electron chi connectivity index (χ2n) is 4.19. The lowest BCUT2D eigenvalue weighted by Gasteiger charge is -2.23. The highest BCUT2D eigenvalue weighted by molar-refractivity contribution is 5.96. The molecule has 0 saturated heterocycles. The van der Waals surface area contributed by atoms with Crippen LogP contribution in [0.3, 0.4) is 0 Å². The quantitative estimate of drug-likeness (QED) is 0.629. The molecule has 0 aromatic heterocycles. The minimum Gasteiger partial charge on any atom is -0.468 e. The summed E-state index contributed by atoms with van der Waals surface area (Å²) in [5.74, 6) is -3.76. The van der Waals surface area contributed by atoms with Crippen molar-refractivity contribution in [3.05, 3.63) is 35.6 Å². The molecule has 1 atom stereocenters. The van der Waals surface area contributed by atoms with E-state index >= 15 is 0 Å². The van der Waals surface area contributed by atoms with Crippen LogP contribution in [0.5, 0.6) is 0 Å². The minimum atomic E-state index is -1.19. The monoisotopic (exact) mass is 284 g/mol. The molecule has 110 valence electrons. The highest BCUT2D eigenvalue weighted by Crippen LogP contribution is 2.30. The third-order valence-electron chi connectivity index (χ3n) is 3.05. The van der Waals surface area contributed by atoms with E-state index in [1.54, 1.807) is 0 Å². The molecule has 0 unspecified atom stereocenters. The van der Waals surface area contributed by atoms with Gasteiger partial charge in [-0.3, -0.25) is 9.59 Å². The SMILES string of the molecule is COC(=O)C(C(=O)OC)[C@@H](CCO)c1ccc(F)cc1. The summed E-state index contributed by atoms with van der Waals surface area (Å²) >= 11 is 0. The first-order chi connectivity index (χ1) is 9.54. The molecule has 0 aliphatic heterocycles. The Hall–Kier alpha value is -1.95. The van der Waals surface area contributed by atoms with Crippen molar-refractivity contribution in [2.24, 2.45) is 5.92 Å². The lowest BCUT2D eigenvalue weighted by Crippen LogP contribution is -2.32. The van der Waals surface area contributed by atoms with Crippen molar-refractivity contribution in [2.45, 2.75) is 12.3 Å². The van der Waals surface area contributed by atoms with Gasteiger partial charge in [0.2, 0.25) is 0 Å². The van der Waals surface area contributed by atoms with Gasteiger partial charge in [-0.25, -0.2) is 4.39 Å². The zero-order valence-corrected chi connectivity index (χ0v) is 11.3. The maximum Gasteiger partial charge on any atom is 0.320 e. The molecule has 1 aromatic rings. The molecule has 1 N–H and O–H groups in total. The molecule has 0 radical (unpaired) electrons. The fraction of sp³-hybridized carbons (Fsp3) is 0.429. The lowest BCUT2D eigenvalue weighted by molar-refractivity contribution is -0.160.